The second kappa shape index (κ2) is 5.59. The van der Waals surface area contributed by atoms with Crippen LogP contribution in [0.2, 0.25) is 0 Å². The fourth-order valence-corrected chi connectivity index (χ4v) is 2.79. The average molecular weight is 267 g/mol. The van der Waals surface area contributed by atoms with Gasteiger partial charge in [0, 0.05) is 20.1 Å². The van der Waals surface area contributed by atoms with E-state index in [1.54, 1.807) is 7.05 Å². The summed E-state index contributed by atoms with van der Waals surface area (Å²) in [6.45, 7) is 0. The van der Waals surface area contributed by atoms with Crippen LogP contribution in [0.15, 0.2) is 0 Å². The lowest BCUT2D eigenvalue weighted by molar-refractivity contribution is -0.131. The van der Waals surface area contributed by atoms with E-state index in [1.165, 1.54) is 18.4 Å². The van der Waals surface area contributed by atoms with Gasteiger partial charge in [-0.05, 0) is 12.8 Å². The standard InChI is InChI=1S/C13H21N3O3/c1-15-10(12(18)16(2)13(15)19)8-11(17)14-9-6-4-3-5-7-9/h9-10H,3-8H2,1-2H3,(H,14,17)/t10-/m1/s1. The van der Waals surface area contributed by atoms with Gasteiger partial charge in [-0.25, -0.2) is 4.79 Å². The first-order chi connectivity index (χ1) is 9.00. The monoisotopic (exact) mass is 267 g/mol. The number of hydrogen-bond acceptors (Lipinski definition) is 3. The van der Waals surface area contributed by atoms with Crippen LogP contribution in [-0.2, 0) is 9.59 Å². The summed E-state index contributed by atoms with van der Waals surface area (Å²) in [5.41, 5.74) is 0. The number of carbonyl (C=O) groups is 3. The van der Waals surface area contributed by atoms with E-state index in [1.807, 2.05) is 0 Å². The molecule has 2 rings (SSSR count). The summed E-state index contributed by atoms with van der Waals surface area (Å²) < 4.78 is 0. The Balaban J connectivity index is 1.88. The van der Waals surface area contributed by atoms with Crippen LogP contribution in [0.25, 0.3) is 0 Å². The van der Waals surface area contributed by atoms with E-state index in [2.05, 4.69) is 5.32 Å². The van der Waals surface area contributed by atoms with Crippen molar-refractivity contribution in [1.29, 1.82) is 0 Å². The van der Waals surface area contributed by atoms with Crippen molar-refractivity contribution in [3.8, 4) is 0 Å². The molecule has 1 atom stereocenters. The van der Waals surface area contributed by atoms with Gasteiger partial charge in [0.25, 0.3) is 5.91 Å². The molecule has 0 bridgehead atoms. The molecular weight excluding hydrogens is 246 g/mol. The van der Waals surface area contributed by atoms with Crippen LogP contribution in [0, 0.1) is 0 Å². The molecule has 0 aromatic carbocycles. The van der Waals surface area contributed by atoms with Crippen LogP contribution in [0.4, 0.5) is 4.79 Å². The minimum atomic E-state index is -0.652. The number of amides is 4. The zero-order valence-corrected chi connectivity index (χ0v) is 11.5. The number of likely N-dealkylation sites (N-methyl/N-ethyl adjacent to an activating group) is 2. The van der Waals surface area contributed by atoms with Crippen molar-refractivity contribution in [2.24, 2.45) is 0 Å². The first-order valence-electron chi connectivity index (χ1n) is 6.84. The Morgan fingerprint density at radius 3 is 2.37 bits per heavy atom. The first kappa shape index (κ1) is 13.8. The van der Waals surface area contributed by atoms with Crippen LogP contribution < -0.4 is 5.32 Å². The van der Waals surface area contributed by atoms with Crippen molar-refractivity contribution in [3.63, 3.8) is 0 Å². The number of rotatable bonds is 3. The Hall–Kier alpha value is -1.59. The number of nitrogens with one attached hydrogen (secondary N) is 1. The van der Waals surface area contributed by atoms with Gasteiger partial charge in [-0.1, -0.05) is 19.3 Å². The first-order valence-corrected chi connectivity index (χ1v) is 6.84. The highest BCUT2D eigenvalue weighted by molar-refractivity contribution is 6.05. The van der Waals surface area contributed by atoms with Crippen LogP contribution in [0.3, 0.4) is 0 Å². The van der Waals surface area contributed by atoms with E-state index >= 15 is 0 Å². The van der Waals surface area contributed by atoms with Gasteiger partial charge in [-0.2, -0.15) is 0 Å². The van der Waals surface area contributed by atoms with E-state index in [-0.39, 0.29) is 30.3 Å². The van der Waals surface area contributed by atoms with Gasteiger partial charge in [0.1, 0.15) is 6.04 Å². The number of imide groups is 1. The molecule has 0 radical (unpaired) electrons. The molecule has 0 aromatic rings. The summed E-state index contributed by atoms with van der Waals surface area (Å²) in [4.78, 5) is 37.8. The Labute approximate surface area is 113 Å². The maximum absolute atomic E-state index is 12.0. The fraction of sp³-hybridized carbons (Fsp3) is 0.769. The predicted molar refractivity (Wildman–Crippen MR) is 69.3 cm³/mol. The smallest absolute Gasteiger partial charge is 0.326 e. The van der Waals surface area contributed by atoms with Crippen molar-refractivity contribution in [2.75, 3.05) is 14.1 Å². The van der Waals surface area contributed by atoms with Gasteiger partial charge >= 0.3 is 6.03 Å². The average Bonchev–Trinajstić information content (AvgIpc) is 2.58. The SMILES string of the molecule is CN1C(=O)[C@@H](CC(=O)NC2CCCCC2)N(C)C1=O. The Bertz CT molecular complexity index is 391. The molecule has 6 heteroatoms. The minimum Gasteiger partial charge on any atom is -0.353 e. The summed E-state index contributed by atoms with van der Waals surface area (Å²) in [6, 6.07) is -0.766. The van der Waals surface area contributed by atoms with Gasteiger partial charge in [-0.3, -0.25) is 14.5 Å². The van der Waals surface area contributed by atoms with Crippen molar-refractivity contribution in [3.05, 3.63) is 0 Å². The summed E-state index contributed by atoms with van der Waals surface area (Å²) in [6.07, 6.45) is 5.61. The minimum absolute atomic E-state index is 0.0575. The molecule has 4 amide bonds. The summed E-state index contributed by atoms with van der Waals surface area (Å²) >= 11 is 0. The number of nitrogens with zero attached hydrogens (tertiary/aromatic N) is 2. The Morgan fingerprint density at radius 2 is 1.84 bits per heavy atom. The number of urea groups is 1. The third-order valence-electron chi connectivity index (χ3n) is 4.02. The fourth-order valence-electron chi connectivity index (χ4n) is 2.79. The Morgan fingerprint density at radius 1 is 1.21 bits per heavy atom. The highest BCUT2D eigenvalue weighted by Gasteiger charge is 2.41. The maximum Gasteiger partial charge on any atom is 0.326 e. The lowest BCUT2D eigenvalue weighted by Crippen LogP contribution is -2.41. The molecule has 6 nitrogen and oxygen atoms in total. The molecule has 1 saturated heterocycles. The molecular formula is C13H21N3O3. The van der Waals surface area contributed by atoms with Crippen molar-refractivity contribution < 1.29 is 14.4 Å². The molecule has 1 N–H and O–H groups in total. The highest BCUT2D eigenvalue weighted by Crippen LogP contribution is 2.19. The van der Waals surface area contributed by atoms with Gasteiger partial charge in [0.2, 0.25) is 5.91 Å². The van der Waals surface area contributed by atoms with Crippen molar-refractivity contribution >= 4 is 17.8 Å². The van der Waals surface area contributed by atoms with E-state index in [0.717, 1.165) is 30.6 Å². The van der Waals surface area contributed by atoms with Gasteiger partial charge in [0.05, 0.1) is 6.42 Å². The van der Waals surface area contributed by atoms with Gasteiger partial charge < -0.3 is 10.2 Å². The van der Waals surface area contributed by atoms with Gasteiger partial charge in [0.15, 0.2) is 0 Å². The summed E-state index contributed by atoms with van der Waals surface area (Å²) in [5.74, 6) is -0.438. The van der Waals surface area contributed by atoms with Crippen LogP contribution >= 0.6 is 0 Å². The highest BCUT2D eigenvalue weighted by atomic mass is 16.2. The molecule has 0 aromatic heterocycles. The van der Waals surface area contributed by atoms with Crippen molar-refractivity contribution in [1.82, 2.24) is 15.1 Å². The topological polar surface area (TPSA) is 69.7 Å². The van der Waals surface area contributed by atoms with E-state index in [0.29, 0.717) is 0 Å². The molecule has 19 heavy (non-hydrogen) atoms. The zero-order valence-electron chi connectivity index (χ0n) is 11.5. The van der Waals surface area contributed by atoms with E-state index in [4.69, 9.17) is 0 Å². The van der Waals surface area contributed by atoms with E-state index in [9.17, 15) is 14.4 Å². The maximum atomic E-state index is 12.0. The second-order valence-electron chi connectivity index (χ2n) is 5.41. The molecule has 0 unspecified atom stereocenters. The second-order valence-corrected chi connectivity index (χ2v) is 5.41. The van der Waals surface area contributed by atoms with Crippen molar-refractivity contribution in [2.45, 2.75) is 50.6 Å². The lowest BCUT2D eigenvalue weighted by Gasteiger charge is -2.24. The quantitative estimate of drug-likeness (QED) is 0.766. The van der Waals surface area contributed by atoms with Crippen LogP contribution in [-0.4, -0.2) is 53.8 Å². The Kier molecular flexibility index (Phi) is 4.07. The molecule has 1 heterocycles. The zero-order chi connectivity index (χ0) is 14.0. The van der Waals surface area contributed by atoms with Gasteiger partial charge in [-0.15, -0.1) is 0 Å². The normalized spacial score (nSPS) is 25.1. The molecule has 106 valence electrons. The summed E-state index contributed by atoms with van der Waals surface area (Å²) in [5, 5.41) is 2.97. The molecule has 2 aliphatic rings. The van der Waals surface area contributed by atoms with E-state index < -0.39 is 6.04 Å². The lowest BCUT2D eigenvalue weighted by atomic mass is 9.95. The molecule has 2 fully saturated rings. The largest absolute Gasteiger partial charge is 0.353 e. The molecule has 1 aliphatic carbocycles. The third kappa shape index (κ3) is 2.88. The van der Waals surface area contributed by atoms with Crippen LogP contribution in [0.1, 0.15) is 38.5 Å². The molecule has 0 spiro atoms. The predicted octanol–water partition coefficient (Wildman–Crippen LogP) is 0.718. The molecule has 1 saturated carbocycles. The van der Waals surface area contributed by atoms with Crippen LogP contribution in [0.5, 0.6) is 0 Å². The third-order valence-corrected chi connectivity index (χ3v) is 4.02. The number of hydrogen-bond donors (Lipinski definition) is 1. The molecule has 1 aliphatic heterocycles. The number of carbonyl (C=O) groups excluding carboxylic acids is 3. The summed E-state index contributed by atoms with van der Waals surface area (Å²) in [7, 11) is 3.00.